The lowest BCUT2D eigenvalue weighted by atomic mass is 9.95. The summed E-state index contributed by atoms with van der Waals surface area (Å²) in [6.07, 6.45) is -1.38. The summed E-state index contributed by atoms with van der Waals surface area (Å²) < 4.78 is 5.09. The van der Waals surface area contributed by atoms with E-state index in [9.17, 15) is 34.2 Å². The second kappa shape index (κ2) is 9.78. The Labute approximate surface area is 211 Å². The zero-order valence-corrected chi connectivity index (χ0v) is 21.7. The molecule has 5 atom stereocenters. The van der Waals surface area contributed by atoms with Crippen LogP contribution in [0.5, 0.6) is 0 Å². The topological polar surface area (TPSA) is 150 Å². The summed E-state index contributed by atoms with van der Waals surface area (Å²) in [4.78, 5) is 63.5. The maximum atomic E-state index is 13.3. The van der Waals surface area contributed by atoms with Crippen molar-refractivity contribution in [2.45, 2.75) is 54.5 Å². The van der Waals surface area contributed by atoms with E-state index in [1.807, 2.05) is 21.1 Å². The van der Waals surface area contributed by atoms with Gasteiger partial charge in [-0.1, -0.05) is 0 Å². The molecule has 1 aromatic heterocycles. The lowest BCUT2D eigenvalue weighted by molar-refractivity contribution is -0.873. The molecule has 1 unspecified atom stereocenters. The van der Waals surface area contributed by atoms with Crippen LogP contribution in [-0.2, 0) is 28.7 Å². The Hall–Kier alpha value is -2.64. The van der Waals surface area contributed by atoms with Gasteiger partial charge in [-0.3, -0.25) is 19.2 Å². The first-order valence-corrected chi connectivity index (χ1v) is 12.7. The molecule has 2 amide bonds. The minimum absolute atomic E-state index is 0.219. The van der Waals surface area contributed by atoms with Crippen LogP contribution in [0.2, 0.25) is 0 Å². The number of carboxylic acids is 2. The number of nitrogens with zero attached hydrogens (tertiary/aromatic N) is 2. The number of likely N-dealkylation sites (N-methyl/N-ethyl adjacent to an activating group) is 1. The summed E-state index contributed by atoms with van der Waals surface area (Å²) in [7, 11) is 5.47. The largest absolute Gasteiger partial charge is 0.481 e. The molecule has 2 fully saturated rings. The standard InChI is InChI=1S/C22H29N3O8S2/c1-22(2)16(20(30)31)24-18(29)15(19(24)35-22)23-17(28)14(11-6-7-34-10-11)21(32)33-12(8-13(26)27)9-25(3,4)5/h6-7,10,12,14-16,19H,8-9H2,1-5H3,(H2-,23,26,27,28,30,31)/p+1/t12?,14-,15-,16+,19-/m1/s1. The van der Waals surface area contributed by atoms with Crippen molar-refractivity contribution in [3.05, 3.63) is 22.4 Å². The summed E-state index contributed by atoms with van der Waals surface area (Å²) >= 11 is 2.55. The summed E-state index contributed by atoms with van der Waals surface area (Å²) in [6.45, 7) is 3.67. The van der Waals surface area contributed by atoms with E-state index in [4.69, 9.17) is 4.74 Å². The molecule has 2 aliphatic rings. The van der Waals surface area contributed by atoms with Crippen molar-refractivity contribution in [1.29, 1.82) is 0 Å². The van der Waals surface area contributed by atoms with Gasteiger partial charge in [-0.25, -0.2) is 4.79 Å². The van der Waals surface area contributed by atoms with Crippen LogP contribution >= 0.6 is 23.1 Å². The molecular weight excluding hydrogens is 498 g/mol. The second-order valence-corrected chi connectivity index (χ2v) is 12.8. The second-order valence-electron chi connectivity index (χ2n) is 10.2. The van der Waals surface area contributed by atoms with Crippen LogP contribution in [0.1, 0.15) is 31.7 Å². The third-order valence-electron chi connectivity index (χ3n) is 5.78. The maximum absolute atomic E-state index is 13.3. The van der Waals surface area contributed by atoms with Gasteiger partial charge in [-0.15, -0.1) is 11.8 Å². The first-order valence-electron chi connectivity index (χ1n) is 10.9. The van der Waals surface area contributed by atoms with Crippen molar-refractivity contribution in [3.63, 3.8) is 0 Å². The van der Waals surface area contributed by atoms with Crippen LogP contribution in [-0.4, -0.2) is 105 Å². The number of nitrogens with one attached hydrogen (secondary N) is 1. The molecule has 3 rings (SSSR count). The Morgan fingerprint density at radius 1 is 1.23 bits per heavy atom. The molecule has 0 aliphatic carbocycles. The zero-order valence-electron chi connectivity index (χ0n) is 20.1. The number of esters is 1. The summed E-state index contributed by atoms with van der Waals surface area (Å²) in [6, 6.07) is -0.417. The number of carbonyl (C=O) groups is 5. The molecular formula is C22H30N3O8S2+. The van der Waals surface area contributed by atoms with E-state index in [1.165, 1.54) is 28.0 Å². The van der Waals surface area contributed by atoms with Crippen LogP contribution in [0.3, 0.4) is 0 Å². The van der Waals surface area contributed by atoms with Gasteiger partial charge in [0.25, 0.3) is 0 Å². The lowest BCUT2D eigenvalue weighted by Gasteiger charge is -2.43. The van der Waals surface area contributed by atoms with Crippen LogP contribution in [0.4, 0.5) is 0 Å². The van der Waals surface area contributed by atoms with Gasteiger partial charge >= 0.3 is 17.9 Å². The number of fused-ring (bicyclic) bond motifs is 1. The fourth-order valence-corrected chi connectivity index (χ4v) is 6.71. The molecule has 2 aliphatic heterocycles. The molecule has 2 saturated heterocycles. The SMILES string of the molecule is CC1(C)S[C@@H]2[C@H](NC(=O)[C@H](C(=O)OC(CC(=O)O)C[N+](C)(C)C)c3ccsc3)C(=O)N2[C@H]1C(=O)O. The third-order valence-corrected chi connectivity index (χ3v) is 8.06. The van der Waals surface area contributed by atoms with Gasteiger partial charge in [0, 0.05) is 4.75 Å². The lowest BCUT2D eigenvalue weighted by Crippen LogP contribution is -2.71. The quantitative estimate of drug-likeness (QED) is 0.171. The number of thiophene rings is 1. The number of quaternary nitrogens is 1. The number of hydrogen-bond acceptors (Lipinski definition) is 8. The maximum Gasteiger partial charge on any atom is 0.327 e. The molecule has 3 N–H and O–H groups in total. The Balaban J connectivity index is 1.78. The highest BCUT2D eigenvalue weighted by Gasteiger charge is 2.64. The fourth-order valence-electron chi connectivity index (χ4n) is 4.40. The van der Waals surface area contributed by atoms with E-state index in [1.54, 1.807) is 30.7 Å². The smallest absolute Gasteiger partial charge is 0.327 e. The Morgan fingerprint density at radius 3 is 2.40 bits per heavy atom. The minimum Gasteiger partial charge on any atom is -0.481 e. The summed E-state index contributed by atoms with van der Waals surface area (Å²) in [5.41, 5.74) is 0.364. The van der Waals surface area contributed by atoms with Crippen LogP contribution in [0.15, 0.2) is 16.8 Å². The monoisotopic (exact) mass is 528 g/mol. The predicted molar refractivity (Wildman–Crippen MR) is 128 cm³/mol. The normalized spacial score (nSPS) is 24.7. The van der Waals surface area contributed by atoms with E-state index < -0.39 is 70.4 Å². The molecule has 1 aromatic rings. The number of rotatable bonds is 10. The number of carbonyl (C=O) groups excluding carboxylic acids is 3. The number of aliphatic carboxylic acids is 2. The highest BCUT2D eigenvalue weighted by Crippen LogP contribution is 2.50. The van der Waals surface area contributed by atoms with Crippen molar-refractivity contribution in [2.24, 2.45) is 0 Å². The van der Waals surface area contributed by atoms with Crippen molar-refractivity contribution in [3.8, 4) is 0 Å². The van der Waals surface area contributed by atoms with Gasteiger partial charge in [-0.2, -0.15) is 11.3 Å². The van der Waals surface area contributed by atoms with Gasteiger partial charge in [0.2, 0.25) is 11.8 Å². The van der Waals surface area contributed by atoms with Crippen molar-refractivity contribution >= 4 is 52.8 Å². The average Bonchev–Trinajstić information content (AvgIpc) is 3.28. The number of hydrogen-bond donors (Lipinski definition) is 3. The van der Waals surface area contributed by atoms with Gasteiger partial charge in [0.15, 0.2) is 12.0 Å². The Kier molecular flexibility index (Phi) is 7.53. The average molecular weight is 529 g/mol. The molecule has 0 aromatic carbocycles. The third kappa shape index (κ3) is 5.78. The Morgan fingerprint density at radius 2 is 1.89 bits per heavy atom. The Bertz CT molecular complexity index is 1020. The van der Waals surface area contributed by atoms with Crippen molar-refractivity contribution in [2.75, 3.05) is 27.7 Å². The van der Waals surface area contributed by atoms with Gasteiger partial charge in [0.05, 0.1) is 27.6 Å². The number of thioether (sulfide) groups is 1. The van der Waals surface area contributed by atoms with Gasteiger partial charge in [-0.05, 0) is 36.2 Å². The molecule has 0 spiro atoms. The summed E-state index contributed by atoms with van der Waals surface area (Å²) in [5, 5.41) is 24.1. The van der Waals surface area contributed by atoms with Crippen molar-refractivity contribution in [1.82, 2.24) is 10.2 Å². The predicted octanol–water partition coefficient (Wildman–Crippen LogP) is 0.556. The fraction of sp³-hybridized carbons (Fsp3) is 0.591. The van der Waals surface area contributed by atoms with Gasteiger partial charge in [0.1, 0.15) is 24.0 Å². The van der Waals surface area contributed by atoms with E-state index in [-0.39, 0.29) is 6.54 Å². The van der Waals surface area contributed by atoms with E-state index in [0.29, 0.717) is 10.0 Å². The van der Waals surface area contributed by atoms with Crippen LogP contribution in [0, 0.1) is 0 Å². The summed E-state index contributed by atoms with van der Waals surface area (Å²) in [5.74, 6) is -5.86. The zero-order chi connectivity index (χ0) is 26.3. The molecule has 3 heterocycles. The number of β-lactam (4-membered cyclic amide) rings is 1. The number of carboxylic acid groups (broad SMARTS) is 2. The van der Waals surface area contributed by atoms with Crippen LogP contribution < -0.4 is 5.32 Å². The van der Waals surface area contributed by atoms with E-state index in [0.717, 1.165) is 0 Å². The highest BCUT2D eigenvalue weighted by atomic mass is 32.2. The molecule has 0 bridgehead atoms. The minimum atomic E-state index is -1.40. The van der Waals surface area contributed by atoms with Gasteiger partial charge < -0.3 is 29.6 Å². The first kappa shape index (κ1) is 27.0. The molecule has 35 heavy (non-hydrogen) atoms. The molecule has 192 valence electrons. The van der Waals surface area contributed by atoms with Crippen LogP contribution in [0.25, 0.3) is 0 Å². The molecule has 11 nitrogen and oxygen atoms in total. The molecule has 0 saturated carbocycles. The number of amides is 2. The first-order chi connectivity index (χ1) is 16.1. The van der Waals surface area contributed by atoms with E-state index in [2.05, 4.69) is 5.32 Å². The molecule has 13 heteroatoms. The highest BCUT2D eigenvalue weighted by molar-refractivity contribution is 8.01. The van der Waals surface area contributed by atoms with Crippen molar-refractivity contribution < 1.29 is 43.4 Å². The molecule has 0 radical (unpaired) electrons. The van der Waals surface area contributed by atoms with E-state index >= 15 is 0 Å². The number of ether oxygens (including phenoxy) is 1.